The van der Waals surface area contributed by atoms with Gasteiger partial charge in [0.25, 0.3) is 0 Å². The number of aryl methyl sites for hydroxylation is 2. The van der Waals surface area contributed by atoms with Gasteiger partial charge >= 0.3 is 0 Å². The molecule has 3 heteroatoms. The minimum absolute atomic E-state index is 0.275. The van der Waals surface area contributed by atoms with Crippen molar-refractivity contribution in [2.75, 3.05) is 9.80 Å². The van der Waals surface area contributed by atoms with Gasteiger partial charge in [0.05, 0.1) is 0 Å². The summed E-state index contributed by atoms with van der Waals surface area (Å²) in [6.07, 6.45) is 0. The molecular formula is C77H56N2S. The van der Waals surface area contributed by atoms with E-state index in [1.807, 2.05) is 11.3 Å². The van der Waals surface area contributed by atoms with Crippen molar-refractivity contribution in [2.45, 2.75) is 33.1 Å². The van der Waals surface area contributed by atoms with Gasteiger partial charge in [0.1, 0.15) is 0 Å². The predicted octanol–water partition coefficient (Wildman–Crippen LogP) is 22.4. The van der Waals surface area contributed by atoms with E-state index in [4.69, 9.17) is 0 Å². The molecule has 0 spiro atoms. The van der Waals surface area contributed by atoms with Crippen LogP contribution in [0.5, 0.6) is 0 Å². The summed E-state index contributed by atoms with van der Waals surface area (Å²) in [5.41, 5.74) is 21.6. The third-order valence-corrected chi connectivity index (χ3v) is 18.3. The lowest BCUT2D eigenvalue weighted by molar-refractivity contribution is 0.660. The van der Waals surface area contributed by atoms with Crippen LogP contribution in [0.4, 0.5) is 34.1 Å². The van der Waals surface area contributed by atoms with Gasteiger partial charge in [-0.25, -0.2) is 0 Å². The average Bonchev–Trinajstić information content (AvgIpc) is 4.01. The highest BCUT2D eigenvalue weighted by Crippen LogP contribution is 2.53. The van der Waals surface area contributed by atoms with E-state index in [1.165, 1.54) is 119 Å². The zero-order chi connectivity index (χ0) is 53.6. The Labute approximate surface area is 471 Å². The van der Waals surface area contributed by atoms with E-state index in [9.17, 15) is 0 Å². The third-order valence-electron chi connectivity index (χ3n) is 17.1. The largest absolute Gasteiger partial charge is 0.310 e. The van der Waals surface area contributed by atoms with Gasteiger partial charge in [0, 0.05) is 59.7 Å². The lowest BCUT2D eigenvalue weighted by atomic mass is 9.82. The van der Waals surface area contributed by atoms with Crippen molar-refractivity contribution in [3.05, 3.63) is 289 Å². The van der Waals surface area contributed by atoms with Gasteiger partial charge in [0.2, 0.25) is 0 Å². The fourth-order valence-corrected chi connectivity index (χ4v) is 14.4. The number of benzene rings is 13. The van der Waals surface area contributed by atoms with E-state index in [0.717, 1.165) is 34.1 Å². The van der Waals surface area contributed by atoms with Gasteiger partial charge in [-0.15, -0.1) is 11.3 Å². The molecule has 80 heavy (non-hydrogen) atoms. The van der Waals surface area contributed by atoms with Crippen LogP contribution in [0.25, 0.3) is 97.0 Å². The molecule has 1 aliphatic rings. The first-order valence-corrected chi connectivity index (χ1v) is 28.6. The molecule has 0 N–H and O–H groups in total. The number of hydrogen-bond acceptors (Lipinski definition) is 3. The Morgan fingerprint density at radius 2 is 0.700 bits per heavy atom. The quantitative estimate of drug-likeness (QED) is 0.133. The molecule has 14 aromatic rings. The Morgan fingerprint density at radius 3 is 1.29 bits per heavy atom. The van der Waals surface area contributed by atoms with Crippen LogP contribution in [0.1, 0.15) is 36.1 Å². The Kier molecular flexibility index (Phi) is 11.2. The molecule has 1 aliphatic carbocycles. The zero-order valence-electron chi connectivity index (χ0n) is 45.2. The number of thiophene rings is 1. The minimum atomic E-state index is -0.275. The van der Waals surface area contributed by atoms with Crippen LogP contribution in [-0.2, 0) is 5.41 Å². The van der Waals surface area contributed by atoms with Crippen LogP contribution < -0.4 is 9.80 Å². The van der Waals surface area contributed by atoms with Crippen LogP contribution in [0, 0.1) is 13.8 Å². The van der Waals surface area contributed by atoms with Crippen LogP contribution >= 0.6 is 11.3 Å². The molecule has 2 nitrogen and oxygen atoms in total. The molecule has 0 unspecified atom stereocenters. The first kappa shape index (κ1) is 47.7. The summed E-state index contributed by atoms with van der Waals surface area (Å²) >= 11 is 1.89. The highest BCUT2D eigenvalue weighted by atomic mass is 32.1. The maximum absolute atomic E-state index is 2.46. The second kappa shape index (κ2) is 18.8. The molecule has 0 aliphatic heterocycles. The summed E-state index contributed by atoms with van der Waals surface area (Å²) in [4.78, 5) is 4.83. The molecule has 0 bridgehead atoms. The highest BCUT2D eigenvalue weighted by molar-refractivity contribution is 7.26. The molecule has 0 saturated heterocycles. The van der Waals surface area contributed by atoms with Crippen molar-refractivity contribution in [1.82, 2.24) is 0 Å². The summed E-state index contributed by atoms with van der Waals surface area (Å²) in [6, 6.07) is 99.1. The highest BCUT2D eigenvalue weighted by Gasteiger charge is 2.37. The standard InChI is InChI=1S/C77H56N2S/c1-49-44-53(62-27-17-28-71-70-26-15-16-29-75(70)80-76(62)71)33-39-60(49)61-41-36-57(45-50(61)2)79(56-34-30-51(31-35-56)52-32-40-67-65-24-12-11-22-63(65)64-23-13-14-25-66(64)72(67)46-52)59-38-43-69-68-42-37-58(47-73(68)77(3,4)74(69)48-59)78(54-18-7-5-8-19-54)55-20-9-6-10-21-55/h5-48H,1-4H3. The second-order valence-corrected chi connectivity index (χ2v) is 23.2. The third kappa shape index (κ3) is 7.75. The van der Waals surface area contributed by atoms with Crippen molar-refractivity contribution in [2.24, 2.45) is 0 Å². The molecule has 380 valence electrons. The lowest BCUT2D eigenvalue weighted by Crippen LogP contribution is -2.17. The molecule has 0 fully saturated rings. The van der Waals surface area contributed by atoms with Gasteiger partial charge in [-0.05, 0) is 198 Å². The summed E-state index contributed by atoms with van der Waals surface area (Å²) in [7, 11) is 0. The van der Waals surface area contributed by atoms with Crippen molar-refractivity contribution in [1.29, 1.82) is 0 Å². The summed E-state index contributed by atoms with van der Waals surface area (Å²) in [5, 5.41) is 10.4. The van der Waals surface area contributed by atoms with Gasteiger partial charge in [-0.3, -0.25) is 0 Å². The van der Waals surface area contributed by atoms with Gasteiger partial charge in [0.15, 0.2) is 0 Å². The topological polar surface area (TPSA) is 6.48 Å². The monoisotopic (exact) mass is 1040 g/mol. The van der Waals surface area contributed by atoms with E-state index in [0.29, 0.717) is 0 Å². The molecular weight excluding hydrogens is 985 g/mol. The Morgan fingerprint density at radius 1 is 0.275 bits per heavy atom. The molecule has 0 amide bonds. The predicted molar refractivity (Wildman–Crippen MR) is 345 cm³/mol. The molecule has 1 aromatic heterocycles. The number of rotatable bonds is 9. The van der Waals surface area contributed by atoms with Crippen molar-refractivity contribution < 1.29 is 0 Å². The number of para-hydroxylation sites is 2. The minimum Gasteiger partial charge on any atom is -0.310 e. The van der Waals surface area contributed by atoms with Crippen molar-refractivity contribution in [3.63, 3.8) is 0 Å². The van der Waals surface area contributed by atoms with E-state index >= 15 is 0 Å². The fraction of sp³-hybridized carbons (Fsp3) is 0.0649. The number of hydrogen-bond donors (Lipinski definition) is 0. The number of nitrogens with zero attached hydrogens (tertiary/aromatic N) is 2. The van der Waals surface area contributed by atoms with Gasteiger partial charge < -0.3 is 9.80 Å². The van der Waals surface area contributed by atoms with Crippen LogP contribution in [-0.4, -0.2) is 0 Å². The molecule has 13 aromatic carbocycles. The maximum atomic E-state index is 2.46. The second-order valence-electron chi connectivity index (χ2n) is 22.1. The Hall–Kier alpha value is -9.54. The first-order valence-electron chi connectivity index (χ1n) is 27.8. The van der Waals surface area contributed by atoms with Crippen LogP contribution in [0.3, 0.4) is 0 Å². The number of anilines is 6. The lowest BCUT2D eigenvalue weighted by Gasteiger charge is -2.29. The molecule has 0 saturated carbocycles. The first-order chi connectivity index (χ1) is 39.2. The number of fused-ring (bicyclic) bond motifs is 12. The maximum Gasteiger partial charge on any atom is 0.0465 e. The van der Waals surface area contributed by atoms with E-state index < -0.39 is 0 Å². The Balaban J connectivity index is 0.825. The summed E-state index contributed by atoms with van der Waals surface area (Å²) in [6.45, 7) is 9.32. The normalized spacial score (nSPS) is 12.6. The van der Waals surface area contributed by atoms with E-state index in [2.05, 4.69) is 304 Å². The fourth-order valence-electron chi connectivity index (χ4n) is 13.1. The molecule has 0 radical (unpaired) electrons. The molecule has 0 atom stereocenters. The molecule has 1 heterocycles. The smallest absolute Gasteiger partial charge is 0.0465 e. The van der Waals surface area contributed by atoms with Gasteiger partial charge in [-0.1, -0.05) is 196 Å². The van der Waals surface area contributed by atoms with Crippen molar-refractivity contribution >= 4 is 98.0 Å². The van der Waals surface area contributed by atoms with E-state index in [1.54, 1.807) is 0 Å². The summed E-state index contributed by atoms with van der Waals surface area (Å²) < 4.78 is 2.67. The van der Waals surface area contributed by atoms with Crippen LogP contribution in [0.2, 0.25) is 0 Å². The van der Waals surface area contributed by atoms with Crippen molar-refractivity contribution in [3.8, 4) is 44.5 Å². The summed E-state index contributed by atoms with van der Waals surface area (Å²) in [5.74, 6) is 0. The van der Waals surface area contributed by atoms with E-state index in [-0.39, 0.29) is 5.41 Å². The SMILES string of the molecule is Cc1cc(-c2cccc3c2sc2ccccc23)ccc1-c1ccc(N(c2ccc(-c3ccc4c5ccccc5c5ccccc5c4c3)cc2)c2ccc3c(c2)C(C)(C)c2cc(N(c4ccccc4)c4ccccc4)ccc2-3)cc1C. The molecule has 15 rings (SSSR count). The van der Waals surface area contributed by atoms with Gasteiger partial charge in [-0.2, -0.15) is 0 Å². The van der Waals surface area contributed by atoms with Crippen LogP contribution in [0.15, 0.2) is 267 Å². The average molecular weight is 1040 g/mol. The Bertz CT molecular complexity index is 4690. The zero-order valence-corrected chi connectivity index (χ0v) is 46.0.